The first-order chi connectivity index (χ1) is 12.5. The van der Waals surface area contributed by atoms with Gasteiger partial charge in [-0.25, -0.2) is 9.59 Å². The molecule has 138 valence electrons. The zero-order valence-corrected chi connectivity index (χ0v) is 14.5. The number of benzene rings is 1. The van der Waals surface area contributed by atoms with E-state index in [1.807, 2.05) is 0 Å². The first-order valence-electron chi connectivity index (χ1n) is 8.69. The van der Waals surface area contributed by atoms with Gasteiger partial charge >= 0.3 is 12.0 Å². The minimum absolute atomic E-state index is 0.104. The van der Waals surface area contributed by atoms with E-state index in [4.69, 9.17) is 4.74 Å². The van der Waals surface area contributed by atoms with Gasteiger partial charge in [0.15, 0.2) is 0 Å². The first-order valence-corrected chi connectivity index (χ1v) is 8.69. The van der Waals surface area contributed by atoms with Gasteiger partial charge in [0.1, 0.15) is 6.10 Å². The lowest BCUT2D eigenvalue weighted by Crippen LogP contribution is -2.45. The number of esters is 1. The van der Waals surface area contributed by atoms with Crippen LogP contribution in [0.2, 0.25) is 0 Å². The zero-order chi connectivity index (χ0) is 18.7. The molecule has 0 unspecified atom stereocenters. The minimum Gasteiger partial charge on any atom is -0.459 e. The topological polar surface area (TPSA) is 111 Å². The third kappa shape index (κ3) is 3.84. The third-order valence-electron chi connectivity index (χ3n) is 4.73. The van der Waals surface area contributed by atoms with Crippen LogP contribution in [-0.2, 0) is 9.53 Å². The number of amides is 2. The lowest BCUT2D eigenvalue weighted by molar-refractivity contribution is -0.384. The summed E-state index contributed by atoms with van der Waals surface area (Å²) in [7, 11) is 0. The maximum absolute atomic E-state index is 12.8. The Morgan fingerprint density at radius 1 is 1.27 bits per heavy atom. The van der Waals surface area contributed by atoms with Gasteiger partial charge in [-0.3, -0.25) is 10.1 Å². The van der Waals surface area contributed by atoms with Crippen molar-refractivity contribution in [2.45, 2.75) is 51.2 Å². The van der Waals surface area contributed by atoms with Crippen LogP contribution in [0.15, 0.2) is 35.5 Å². The Kier molecular flexibility index (Phi) is 5.20. The maximum atomic E-state index is 12.8. The molecule has 0 saturated heterocycles. The van der Waals surface area contributed by atoms with Crippen LogP contribution < -0.4 is 10.6 Å². The maximum Gasteiger partial charge on any atom is 0.338 e. The molecule has 26 heavy (non-hydrogen) atoms. The number of urea groups is 1. The molecule has 1 aliphatic heterocycles. The summed E-state index contributed by atoms with van der Waals surface area (Å²) in [5, 5.41) is 16.3. The number of nitrogens with zero attached hydrogens (tertiary/aromatic N) is 1. The number of rotatable bonds is 4. The predicted octanol–water partition coefficient (Wildman–Crippen LogP) is 3.10. The Bertz CT molecular complexity index is 768. The Morgan fingerprint density at radius 3 is 2.69 bits per heavy atom. The van der Waals surface area contributed by atoms with Crippen molar-refractivity contribution in [1.29, 1.82) is 0 Å². The largest absolute Gasteiger partial charge is 0.459 e. The number of allylic oxidation sites excluding steroid dienone is 1. The predicted molar refractivity (Wildman–Crippen MR) is 93.2 cm³/mol. The zero-order valence-electron chi connectivity index (χ0n) is 14.5. The number of nitro benzene ring substituents is 1. The molecule has 3 rings (SSSR count). The molecule has 1 aromatic rings. The second-order valence-electron chi connectivity index (χ2n) is 6.59. The van der Waals surface area contributed by atoms with Crippen LogP contribution >= 0.6 is 0 Å². The molecule has 2 aliphatic rings. The van der Waals surface area contributed by atoms with Gasteiger partial charge in [-0.2, -0.15) is 0 Å². The number of hydrogen-bond acceptors (Lipinski definition) is 5. The molecule has 2 amide bonds. The normalized spacial score (nSPS) is 21.0. The van der Waals surface area contributed by atoms with Crippen molar-refractivity contribution in [1.82, 2.24) is 10.6 Å². The highest BCUT2D eigenvalue weighted by Crippen LogP contribution is 2.31. The summed E-state index contributed by atoms with van der Waals surface area (Å²) in [5.74, 6) is -0.501. The monoisotopic (exact) mass is 359 g/mol. The van der Waals surface area contributed by atoms with Crippen molar-refractivity contribution in [3.8, 4) is 0 Å². The number of carbonyl (C=O) groups excluding carboxylic acids is 2. The van der Waals surface area contributed by atoms with E-state index in [-0.39, 0.29) is 17.4 Å². The van der Waals surface area contributed by atoms with Gasteiger partial charge in [-0.15, -0.1) is 0 Å². The van der Waals surface area contributed by atoms with E-state index in [1.54, 1.807) is 13.0 Å². The summed E-state index contributed by atoms with van der Waals surface area (Å²) >= 11 is 0. The fraction of sp³-hybridized carbons (Fsp3) is 0.444. The Balaban J connectivity index is 1.90. The van der Waals surface area contributed by atoms with E-state index in [0.717, 1.165) is 32.1 Å². The Morgan fingerprint density at radius 2 is 2.00 bits per heavy atom. The van der Waals surface area contributed by atoms with E-state index < -0.39 is 23.0 Å². The van der Waals surface area contributed by atoms with Gasteiger partial charge in [0.05, 0.1) is 16.5 Å². The number of carbonyl (C=O) groups is 2. The molecule has 1 aliphatic carbocycles. The average Bonchev–Trinajstić information content (AvgIpc) is 2.61. The molecule has 1 heterocycles. The fourth-order valence-corrected chi connectivity index (χ4v) is 3.43. The summed E-state index contributed by atoms with van der Waals surface area (Å²) in [5.41, 5.74) is 1.03. The summed E-state index contributed by atoms with van der Waals surface area (Å²) < 4.78 is 5.64. The van der Waals surface area contributed by atoms with Gasteiger partial charge in [0.25, 0.3) is 5.69 Å². The van der Waals surface area contributed by atoms with Gasteiger partial charge in [0, 0.05) is 17.8 Å². The fourth-order valence-electron chi connectivity index (χ4n) is 3.43. The van der Waals surface area contributed by atoms with Gasteiger partial charge in [0.2, 0.25) is 0 Å². The van der Waals surface area contributed by atoms with E-state index in [9.17, 15) is 19.7 Å². The van der Waals surface area contributed by atoms with Crippen LogP contribution in [0, 0.1) is 10.1 Å². The molecule has 0 spiro atoms. The third-order valence-corrected chi connectivity index (χ3v) is 4.73. The average molecular weight is 359 g/mol. The number of non-ortho nitro benzene ring substituents is 1. The van der Waals surface area contributed by atoms with Crippen LogP contribution in [0.4, 0.5) is 10.5 Å². The van der Waals surface area contributed by atoms with Gasteiger partial charge < -0.3 is 15.4 Å². The van der Waals surface area contributed by atoms with E-state index in [1.165, 1.54) is 18.2 Å². The summed E-state index contributed by atoms with van der Waals surface area (Å²) in [6.07, 6.45) is 4.74. The molecule has 8 heteroatoms. The van der Waals surface area contributed by atoms with Gasteiger partial charge in [-0.1, -0.05) is 18.6 Å². The smallest absolute Gasteiger partial charge is 0.338 e. The molecule has 1 aromatic carbocycles. The molecule has 1 saturated carbocycles. The Hall–Kier alpha value is -2.90. The van der Waals surface area contributed by atoms with E-state index >= 15 is 0 Å². The highest BCUT2D eigenvalue weighted by molar-refractivity contribution is 5.95. The molecule has 2 N–H and O–H groups in total. The molecule has 0 bridgehead atoms. The second-order valence-corrected chi connectivity index (χ2v) is 6.59. The SMILES string of the molecule is CC1=C(C(=O)OC2CCCCC2)[C@H](c2cccc([N+](=O)[O-])c2)NC(=O)N1. The van der Waals surface area contributed by atoms with Crippen molar-refractivity contribution in [3.63, 3.8) is 0 Å². The molecule has 0 radical (unpaired) electrons. The van der Waals surface area contributed by atoms with Crippen LogP contribution in [0.3, 0.4) is 0 Å². The van der Waals surface area contributed by atoms with Crippen LogP contribution in [-0.4, -0.2) is 23.0 Å². The van der Waals surface area contributed by atoms with Gasteiger partial charge in [-0.05, 0) is 38.2 Å². The van der Waals surface area contributed by atoms with Crippen LogP contribution in [0.25, 0.3) is 0 Å². The van der Waals surface area contributed by atoms with Crippen molar-refractivity contribution < 1.29 is 19.2 Å². The lowest BCUT2D eigenvalue weighted by Gasteiger charge is -2.30. The molecule has 0 aromatic heterocycles. The van der Waals surface area contributed by atoms with Crippen molar-refractivity contribution >= 4 is 17.7 Å². The van der Waals surface area contributed by atoms with Crippen molar-refractivity contribution in [2.24, 2.45) is 0 Å². The van der Waals surface area contributed by atoms with Crippen LogP contribution in [0.1, 0.15) is 50.6 Å². The second kappa shape index (κ2) is 7.55. The van der Waals surface area contributed by atoms with Crippen molar-refractivity contribution in [2.75, 3.05) is 0 Å². The van der Waals surface area contributed by atoms with Crippen LogP contribution in [0.5, 0.6) is 0 Å². The lowest BCUT2D eigenvalue weighted by atomic mass is 9.94. The molecule has 1 fully saturated rings. The molecular formula is C18H21N3O5. The number of nitro groups is 1. The number of ether oxygens (including phenoxy) is 1. The van der Waals surface area contributed by atoms with E-state index in [2.05, 4.69) is 10.6 Å². The summed E-state index contributed by atoms with van der Waals surface area (Å²) in [6.45, 7) is 1.63. The van der Waals surface area contributed by atoms with E-state index in [0.29, 0.717) is 11.3 Å². The number of hydrogen-bond donors (Lipinski definition) is 2. The van der Waals surface area contributed by atoms with Crippen molar-refractivity contribution in [3.05, 3.63) is 51.2 Å². The Labute approximate surface area is 150 Å². The number of nitrogens with one attached hydrogen (secondary N) is 2. The molecule has 1 atom stereocenters. The highest BCUT2D eigenvalue weighted by Gasteiger charge is 2.34. The molecule has 8 nitrogen and oxygen atoms in total. The summed E-state index contributed by atoms with van der Waals surface area (Å²) in [6, 6.07) is 4.64. The standard InChI is InChI=1S/C18H21N3O5/c1-11-15(17(22)26-14-8-3-2-4-9-14)16(20-18(23)19-11)12-6-5-7-13(10-12)21(24)25/h5-7,10,14,16H,2-4,8-9H2,1H3,(H2,19,20,23)/t16-/m0/s1. The minimum atomic E-state index is -0.792. The molecular weight excluding hydrogens is 338 g/mol. The highest BCUT2D eigenvalue weighted by atomic mass is 16.6. The quantitative estimate of drug-likeness (QED) is 0.487. The summed E-state index contributed by atoms with van der Waals surface area (Å²) in [4.78, 5) is 35.2. The first kappa shape index (κ1) is 17.9.